The Kier molecular flexibility index (Phi) is 4.80. The lowest BCUT2D eigenvalue weighted by atomic mass is 9.95. The van der Waals surface area contributed by atoms with Crippen LogP contribution in [0.4, 0.5) is 10.5 Å². The molecule has 0 fully saturated rings. The Bertz CT molecular complexity index is 532. The highest BCUT2D eigenvalue weighted by Crippen LogP contribution is 2.34. The van der Waals surface area contributed by atoms with Gasteiger partial charge in [0.2, 0.25) is 5.91 Å². The number of carbonyl (C=O) groups is 2. The smallest absolute Gasteiger partial charge is 0.321 e. The lowest BCUT2D eigenvalue weighted by Gasteiger charge is -2.38. The molecule has 1 aliphatic heterocycles. The van der Waals surface area contributed by atoms with Crippen molar-refractivity contribution in [2.45, 2.75) is 25.4 Å². The number of benzene rings is 1. The molecule has 6 nitrogen and oxygen atoms in total. The van der Waals surface area contributed by atoms with Crippen LogP contribution >= 0.6 is 0 Å². The van der Waals surface area contributed by atoms with Gasteiger partial charge in [-0.05, 0) is 32.0 Å². The Morgan fingerprint density at radius 3 is 2.67 bits per heavy atom. The quantitative estimate of drug-likeness (QED) is 0.776. The molecule has 0 radical (unpaired) electrons. The van der Waals surface area contributed by atoms with Gasteiger partial charge in [-0.3, -0.25) is 10.1 Å². The zero-order valence-electron chi connectivity index (χ0n) is 12.6. The maximum Gasteiger partial charge on any atom is 0.321 e. The third kappa shape index (κ3) is 3.16. The highest BCUT2D eigenvalue weighted by molar-refractivity contribution is 5.98. The van der Waals surface area contributed by atoms with Gasteiger partial charge < -0.3 is 15.5 Å². The summed E-state index contributed by atoms with van der Waals surface area (Å²) in [6, 6.07) is 7.47. The first kappa shape index (κ1) is 15.3. The number of fused-ring (bicyclic) bond motifs is 1. The molecule has 6 heteroatoms. The summed E-state index contributed by atoms with van der Waals surface area (Å²) in [7, 11) is 3.43. The van der Waals surface area contributed by atoms with E-state index in [1.165, 1.54) is 12.6 Å². The van der Waals surface area contributed by atoms with Crippen molar-refractivity contribution in [3.63, 3.8) is 0 Å². The maximum atomic E-state index is 12.1. The molecule has 2 atom stereocenters. The van der Waals surface area contributed by atoms with Gasteiger partial charge >= 0.3 is 6.03 Å². The number of anilines is 1. The minimum Gasteiger partial charge on any atom is -0.359 e. The molecule has 0 bridgehead atoms. The highest BCUT2D eigenvalue weighted by atomic mass is 16.2. The highest BCUT2D eigenvalue weighted by Gasteiger charge is 2.30. The zero-order chi connectivity index (χ0) is 15.4. The third-order valence-corrected chi connectivity index (χ3v) is 3.94. The predicted molar refractivity (Wildman–Crippen MR) is 82.3 cm³/mol. The molecule has 2 unspecified atom stereocenters. The molecule has 3 N–H and O–H groups in total. The summed E-state index contributed by atoms with van der Waals surface area (Å²) in [6.07, 6.45) is 0.922. The van der Waals surface area contributed by atoms with Crippen LogP contribution in [0.25, 0.3) is 0 Å². The Morgan fingerprint density at radius 1 is 1.29 bits per heavy atom. The Balaban J connectivity index is 2.21. The van der Waals surface area contributed by atoms with Gasteiger partial charge in [-0.1, -0.05) is 18.2 Å². The molecule has 1 aromatic rings. The normalized spacial score (nSPS) is 18.6. The first-order chi connectivity index (χ1) is 10.1. The van der Waals surface area contributed by atoms with E-state index in [-0.39, 0.29) is 5.91 Å². The summed E-state index contributed by atoms with van der Waals surface area (Å²) in [4.78, 5) is 25.5. The molecule has 114 valence electrons. The molecular weight excluding hydrogens is 268 g/mol. The van der Waals surface area contributed by atoms with Gasteiger partial charge in [0.1, 0.15) is 6.04 Å². The van der Waals surface area contributed by atoms with E-state index in [0.717, 1.165) is 18.7 Å². The van der Waals surface area contributed by atoms with Gasteiger partial charge in [0, 0.05) is 25.3 Å². The molecule has 21 heavy (non-hydrogen) atoms. The summed E-state index contributed by atoms with van der Waals surface area (Å²) in [5.74, 6) is -0.299. The number of rotatable bonds is 3. The van der Waals surface area contributed by atoms with Crippen LogP contribution in [-0.2, 0) is 4.79 Å². The van der Waals surface area contributed by atoms with E-state index < -0.39 is 12.1 Å². The van der Waals surface area contributed by atoms with E-state index in [4.69, 9.17) is 0 Å². The van der Waals surface area contributed by atoms with E-state index in [0.29, 0.717) is 6.04 Å². The van der Waals surface area contributed by atoms with E-state index in [9.17, 15) is 9.59 Å². The zero-order valence-corrected chi connectivity index (χ0v) is 12.6. The fraction of sp³-hybridized carbons (Fsp3) is 0.467. The average molecular weight is 290 g/mol. The molecule has 0 aliphatic carbocycles. The molecule has 0 aromatic heterocycles. The second-order valence-corrected chi connectivity index (χ2v) is 5.13. The molecular formula is C15H22N4O2. The first-order valence-electron chi connectivity index (χ1n) is 7.14. The van der Waals surface area contributed by atoms with E-state index in [2.05, 4.69) is 22.0 Å². The second kappa shape index (κ2) is 6.58. The molecule has 1 aromatic carbocycles. The summed E-state index contributed by atoms with van der Waals surface area (Å²) in [6.45, 7) is 2.58. The van der Waals surface area contributed by atoms with Crippen LogP contribution in [0.3, 0.4) is 0 Å². The van der Waals surface area contributed by atoms with Gasteiger partial charge in [0.25, 0.3) is 0 Å². The van der Waals surface area contributed by atoms with Crippen molar-refractivity contribution in [3.8, 4) is 0 Å². The third-order valence-electron chi connectivity index (χ3n) is 3.94. The minimum atomic E-state index is -0.481. The standard InChI is InChI=1S/C15H22N4O2/c1-10(14(20)18-15(21)17-3)19-9-8-12(16-2)11-6-4-5-7-13(11)19/h4-7,10,12,16H,8-9H2,1-3H3,(H2,17,18,20,21). The van der Waals surface area contributed by atoms with E-state index in [1.807, 2.05) is 37.1 Å². The van der Waals surface area contributed by atoms with Crippen LogP contribution < -0.4 is 20.9 Å². The number of nitrogens with one attached hydrogen (secondary N) is 3. The topological polar surface area (TPSA) is 73.5 Å². The van der Waals surface area contributed by atoms with Crippen molar-refractivity contribution in [1.82, 2.24) is 16.0 Å². The van der Waals surface area contributed by atoms with Crippen molar-refractivity contribution in [2.75, 3.05) is 25.5 Å². The first-order valence-corrected chi connectivity index (χ1v) is 7.14. The van der Waals surface area contributed by atoms with Gasteiger partial charge in [0.15, 0.2) is 0 Å². The fourth-order valence-electron chi connectivity index (χ4n) is 2.71. The van der Waals surface area contributed by atoms with Gasteiger partial charge in [0.05, 0.1) is 0 Å². The van der Waals surface area contributed by atoms with Crippen molar-refractivity contribution >= 4 is 17.6 Å². The molecule has 1 heterocycles. The van der Waals surface area contributed by atoms with Crippen molar-refractivity contribution in [3.05, 3.63) is 29.8 Å². The van der Waals surface area contributed by atoms with Crippen LogP contribution in [0.5, 0.6) is 0 Å². The number of imide groups is 1. The summed E-state index contributed by atoms with van der Waals surface area (Å²) in [5.41, 5.74) is 2.23. The van der Waals surface area contributed by atoms with Crippen molar-refractivity contribution in [2.24, 2.45) is 0 Å². The Labute approximate surface area is 124 Å². The summed E-state index contributed by atoms with van der Waals surface area (Å²) in [5, 5.41) is 8.02. The lowest BCUT2D eigenvalue weighted by Crippen LogP contribution is -2.51. The molecule has 1 aliphatic rings. The number of hydrogen-bond donors (Lipinski definition) is 3. The number of nitrogens with zero attached hydrogens (tertiary/aromatic N) is 1. The summed E-state index contributed by atoms with van der Waals surface area (Å²) < 4.78 is 0. The SMILES string of the molecule is CNC(=O)NC(=O)C(C)N1CCC(NC)c2ccccc21. The molecule has 0 saturated carbocycles. The molecule has 0 spiro atoms. The van der Waals surface area contributed by atoms with Crippen molar-refractivity contribution < 1.29 is 9.59 Å². The van der Waals surface area contributed by atoms with E-state index in [1.54, 1.807) is 0 Å². The van der Waals surface area contributed by atoms with Crippen LogP contribution in [0.15, 0.2) is 24.3 Å². The predicted octanol–water partition coefficient (Wildman–Crippen LogP) is 1.00. The number of para-hydroxylation sites is 1. The largest absolute Gasteiger partial charge is 0.359 e. The number of hydrogen-bond acceptors (Lipinski definition) is 4. The Morgan fingerprint density at radius 2 is 2.00 bits per heavy atom. The number of carbonyl (C=O) groups excluding carboxylic acids is 2. The Hall–Kier alpha value is -2.08. The molecule has 3 amide bonds. The second-order valence-electron chi connectivity index (χ2n) is 5.13. The van der Waals surface area contributed by atoms with Gasteiger partial charge in [-0.25, -0.2) is 4.79 Å². The van der Waals surface area contributed by atoms with Crippen molar-refractivity contribution in [1.29, 1.82) is 0 Å². The van der Waals surface area contributed by atoms with Crippen LogP contribution in [0, 0.1) is 0 Å². The molecule has 0 saturated heterocycles. The fourth-order valence-corrected chi connectivity index (χ4v) is 2.71. The number of amides is 3. The van der Waals surface area contributed by atoms with Gasteiger partial charge in [-0.2, -0.15) is 0 Å². The lowest BCUT2D eigenvalue weighted by molar-refractivity contribution is -0.121. The molecule has 2 rings (SSSR count). The number of urea groups is 1. The summed E-state index contributed by atoms with van der Waals surface area (Å²) >= 11 is 0. The minimum absolute atomic E-state index is 0.298. The van der Waals surface area contributed by atoms with Gasteiger partial charge in [-0.15, -0.1) is 0 Å². The van der Waals surface area contributed by atoms with E-state index >= 15 is 0 Å². The van der Waals surface area contributed by atoms with Crippen LogP contribution in [-0.4, -0.2) is 38.6 Å². The monoisotopic (exact) mass is 290 g/mol. The van der Waals surface area contributed by atoms with Crippen LogP contribution in [0.1, 0.15) is 24.9 Å². The maximum absolute atomic E-state index is 12.1. The average Bonchev–Trinajstić information content (AvgIpc) is 2.52. The van der Waals surface area contributed by atoms with Crippen LogP contribution in [0.2, 0.25) is 0 Å².